The van der Waals surface area contributed by atoms with Crippen molar-refractivity contribution in [2.24, 2.45) is 11.3 Å². The number of aldehydes is 1. The first-order valence-electron chi connectivity index (χ1n) is 3.80. The second-order valence-electron chi connectivity index (χ2n) is 3.66. The minimum atomic E-state index is 0.435. The van der Waals surface area contributed by atoms with E-state index in [1.807, 2.05) is 0 Å². The van der Waals surface area contributed by atoms with Crippen molar-refractivity contribution in [1.82, 2.24) is 0 Å². The summed E-state index contributed by atoms with van der Waals surface area (Å²) >= 11 is 0. The highest BCUT2D eigenvalue weighted by atomic mass is 16.1. The smallest absolute Gasteiger partial charge is 0.123 e. The van der Waals surface area contributed by atoms with Gasteiger partial charge in [-0.05, 0) is 31.1 Å². The van der Waals surface area contributed by atoms with Gasteiger partial charge in [0.25, 0.3) is 0 Å². The van der Waals surface area contributed by atoms with Crippen molar-refractivity contribution in [1.29, 1.82) is 0 Å². The molecule has 2 saturated carbocycles. The molecule has 1 spiro atoms. The summed E-state index contributed by atoms with van der Waals surface area (Å²) in [6.07, 6.45) is 7.75. The normalized spacial score (nSPS) is 31.1. The van der Waals surface area contributed by atoms with Gasteiger partial charge in [-0.3, -0.25) is 0 Å². The van der Waals surface area contributed by atoms with Crippen LogP contribution in [0.25, 0.3) is 0 Å². The summed E-state index contributed by atoms with van der Waals surface area (Å²) in [6.45, 7) is 0. The van der Waals surface area contributed by atoms with Gasteiger partial charge in [0.15, 0.2) is 0 Å². The molecule has 0 aromatic carbocycles. The largest absolute Gasteiger partial charge is 0.303 e. The molecule has 0 radical (unpaired) electrons. The highest BCUT2D eigenvalue weighted by Gasteiger charge is 2.47. The van der Waals surface area contributed by atoms with Crippen molar-refractivity contribution >= 4 is 6.29 Å². The van der Waals surface area contributed by atoms with Crippen LogP contribution in [0.5, 0.6) is 0 Å². The summed E-state index contributed by atoms with van der Waals surface area (Å²) < 4.78 is 0. The maximum Gasteiger partial charge on any atom is 0.123 e. The van der Waals surface area contributed by atoms with Gasteiger partial charge < -0.3 is 4.79 Å². The van der Waals surface area contributed by atoms with E-state index in [1.54, 1.807) is 0 Å². The van der Waals surface area contributed by atoms with E-state index in [1.165, 1.54) is 32.1 Å². The van der Waals surface area contributed by atoms with Crippen LogP contribution in [0.1, 0.15) is 32.1 Å². The summed E-state index contributed by atoms with van der Waals surface area (Å²) in [7, 11) is 0. The maximum atomic E-state index is 10.2. The van der Waals surface area contributed by atoms with E-state index in [4.69, 9.17) is 0 Å². The molecule has 0 N–H and O–H groups in total. The van der Waals surface area contributed by atoms with Gasteiger partial charge in [0.2, 0.25) is 0 Å². The van der Waals surface area contributed by atoms with Crippen LogP contribution in [-0.2, 0) is 4.79 Å². The Bertz CT molecular complexity index is 128. The number of carbonyl (C=O) groups is 1. The van der Waals surface area contributed by atoms with Gasteiger partial charge in [0.1, 0.15) is 6.29 Å². The van der Waals surface area contributed by atoms with Crippen LogP contribution >= 0.6 is 0 Å². The number of rotatable bonds is 1. The van der Waals surface area contributed by atoms with Crippen molar-refractivity contribution in [3.8, 4) is 0 Å². The molecule has 9 heavy (non-hydrogen) atoms. The van der Waals surface area contributed by atoms with Crippen molar-refractivity contribution in [2.45, 2.75) is 32.1 Å². The molecule has 2 aliphatic rings. The standard InChI is InChI=1S/C8H12O/c9-6-7-4-8(5-7)2-1-3-8/h6-7H,1-5H2. The molecule has 1 nitrogen and oxygen atoms in total. The van der Waals surface area contributed by atoms with E-state index < -0.39 is 0 Å². The molecule has 0 unspecified atom stereocenters. The Morgan fingerprint density at radius 3 is 2.33 bits per heavy atom. The van der Waals surface area contributed by atoms with Gasteiger partial charge in [-0.25, -0.2) is 0 Å². The SMILES string of the molecule is O=CC1CC2(CCC2)C1. The van der Waals surface area contributed by atoms with Crippen molar-refractivity contribution in [3.63, 3.8) is 0 Å². The number of hydrogen-bond donors (Lipinski definition) is 0. The highest BCUT2D eigenvalue weighted by molar-refractivity contribution is 5.55. The number of hydrogen-bond acceptors (Lipinski definition) is 1. The zero-order chi connectivity index (χ0) is 6.32. The Morgan fingerprint density at radius 2 is 2.00 bits per heavy atom. The van der Waals surface area contributed by atoms with Crippen LogP contribution in [0.15, 0.2) is 0 Å². The van der Waals surface area contributed by atoms with Crippen LogP contribution in [-0.4, -0.2) is 6.29 Å². The lowest BCUT2D eigenvalue weighted by atomic mass is 9.52. The van der Waals surface area contributed by atoms with Gasteiger partial charge >= 0.3 is 0 Å². The van der Waals surface area contributed by atoms with Crippen molar-refractivity contribution < 1.29 is 4.79 Å². The Morgan fingerprint density at radius 1 is 1.33 bits per heavy atom. The third kappa shape index (κ3) is 0.637. The van der Waals surface area contributed by atoms with Crippen LogP contribution in [0.2, 0.25) is 0 Å². The van der Waals surface area contributed by atoms with Gasteiger partial charge in [0, 0.05) is 5.92 Å². The van der Waals surface area contributed by atoms with Gasteiger partial charge in [-0.1, -0.05) is 6.42 Å². The first-order valence-corrected chi connectivity index (χ1v) is 3.80. The summed E-state index contributed by atoms with van der Waals surface area (Å²) in [6, 6.07) is 0. The molecular weight excluding hydrogens is 112 g/mol. The second kappa shape index (κ2) is 1.59. The van der Waals surface area contributed by atoms with Gasteiger partial charge in [-0.2, -0.15) is 0 Å². The molecule has 2 fully saturated rings. The maximum absolute atomic E-state index is 10.2. The van der Waals surface area contributed by atoms with E-state index in [0.29, 0.717) is 11.3 Å². The van der Waals surface area contributed by atoms with Crippen LogP contribution in [0, 0.1) is 11.3 Å². The molecule has 0 aromatic heterocycles. The molecule has 0 bridgehead atoms. The topological polar surface area (TPSA) is 17.1 Å². The lowest BCUT2D eigenvalue weighted by molar-refractivity contribution is -0.121. The minimum absolute atomic E-state index is 0.435. The van der Waals surface area contributed by atoms with E-state index in [-0.39, 0.29) is 0 Å². The van der Waals surface area contributed by atoms with E-state index >= 15 is 0 Å². The fourth-order valence-electron chi connectivity index (χ4n) is 2.23. The Kier molecular flexibility index (Phi) is 0.961. The molecule has 2 rings (SSSR count). The summed E-state index contributed by atoms with van der Waals surface area (Å²) in [5, 5.41) is 0. The molecule has 2 aliphatic carbocycles. The molecule has 1 heteroatoms. The average Bonchev–Trinajstić information content (AvgIpc) is 1.59. The first kappa shape index (κ1) is 5.45. The highest BCUT2D eigenvalue weighted by Crippen LogP contribution is 2.57. The van der Waals surface area contributed by atoms with E-state index in [2.05, 4.69) is 0 Å². The minimum Gasteiger partial charge on any atom is -0.303 e. The summed E-state index contributed by atoms with van der Waals surface area (Å²) in [5.74, 6) is 0.435. The van der Waals surface area contributed by atoms with Crippen LogP contribution in [0.4, 0.5) is 0 Å². The second-order valence-corrected chi connectivity index (χ2v) is 3.66. The molecule has 0 aromatic rings. The molecule has 0 atom stereocenters. The zero-order valence-corrected chi connectivity index (χ0v) is 5.60. The predicted molar refractivity (Wildman–Crippen MR) is 35.1 cm³/mol. The van der Waals surface area contributed by atoms with Crippen LogP contribution in [0.3, 0.4) is 0 Å². The zero-order valence-electron chi connectivity index (χ0n) is 5.60. The van der Waals surface area contributed by atoms with E-state index in [9.17, 15) is 4.79 Å². The molecule has 50 valence electrons. The molecule has 0 amide bonds. The van der Waals surface area contributed by atoms with Crippen LogP contribution < -0.4 is 0 Å². The third-order valence-corrected chi connectivity index (χ3v) is 3.00. The summed E-state index contributed by atoms with van der Waals surface area (Å²) in [5.41, 5.74) is 0.686. The molecule has 0 aliphatic heterocycles. The Hall–Kier alpha value is -0.330. The lowest BCUT2D eigenvalue weighted by Gasteiger charge is -2.52. The fourth-order valence-corrected chi connectivity index (χ4v) is 2.23. The monoisotopic (exact) mass is 124 g/mol. The van der Waals surface area contributed by atoms with Gasteiger partial charge in [-0.15, -0.1) is 0 Å². The van der Waals surface area contributed by atoms with E-state index in [0.717, 1.165) is 6.29 Å². The quantitative estimate of drug-likeness (QED) is 0.487. The van der Waals surface area contributed by atoms with Crippen molar-refractivity contribution in [2.75, 3.05) is 0 Å². The molecular formula is C8H12O. The Labute approximate surface area is 55.4 Å². The van der Waals surface area contributed by atoms with Crippen molar-refractivity contribution in [3.05, 3.63) is 0 Å². The lowest BCUT2D eigenvalue weighted by Crippen LogP contribution is -2.43. The van der Waals surface area contributed by atoms with Gasteiger partial charge in [0.05, 0.1) is 0 Å². The Balaban J connectivity index is 1.88. The fraction of sp³-hybridized carbons (Fsp3) is 0.875. The first-order chi connectivity index (χ1) is 4.35. The predicted octanol–water partition coefficient (Wildman–Crippen LogP) is 1.77. The third-order valence-electron chi connectivity index (χ3n) is 3.00. The molecule has 0 heterocycles. The number of carbonyl (C=O) groups excluding carboxylic acids is 1. The average molecular weight is 124 g/mol. The molecule has 0 saturated heterocycles. The summed E-state index contributed by atoms with van der Waals surface area (Å²) in [4.78, 5) is 10.2.